The summed E-state index contributed by atoms with van der Waals surface area (Å²) in [6.45, 7) is 21.6. The maximum absolute atomic E-state index is 13.1. The Bertz CT molecular complexity index is 851. The maximum atomic E-state index is 13.1. The Balaban J connectivity index is 1.51. The van der Waals surface area contributed by atoms with Gasteiger partial charge >= 0.3 is 11.9 Å². The minimum Gasteiger partial charge on any atom is -0.465 e. The number of nitrogens with zero attached hydrogens (tertiary/aromatic N) is 1. The van der Waals surface area contributed by atoms with Crippen LogP contribution in [-0.4, -0.2) is 49.7 Å². The molecule has 3 aliphatic rings. The third-order valence-electron chi connectivity index (χ3n) is 9.88. The molecule has 0 N–H and O–H groups in total. The normalized spacial score (nSPS) is 31.1. The lowest BCUT2D eigenvalue weighted by molar-refractivity contribution is -0.170. The second kappa shape index (κ2) is 14.2. The highest BCUT2D eigenvalue weighted by Gasteiger charge is 2.53. The van der Waals surface area contributed by atoms with E-state index in [1.165, 1.54) is 44.1 Å². The lowest BCUT2D eigenvalue weighted by Gasteiger charge is -2.58. The molecule has 4 unspecified atom stereocenters. The number of rotatable bonds is 17. The van der Waals surface area contributed by atoms with Crippen molar-refractivity contribution in [1.29, 1.82) is 0 Å². The van der Waals surface area contributed by atoms with E-state index >= 15 is 0 Å². The average Bonchev–Trinajstić information content (AvgIpc) is 2.84. The lowest BCUT2D eigenvalue weighted by atomic mass is 9.60. The Labute approximate surface area is 246 Å². The van der Waals surface area contributed by atoms with Crippen LogP contribution in [0.3, 0.4) is 0 Å². The predicted octanol–water partition coefficient (Wildman–Crippen LogP) is 8.50. The maximum Gasteiger partial charge on any atom is 0.312 e. The molecule has 0 radical (unpaired) electrons. The first-order chi connectivity index (χ1) is 18.9. The number of carbonyl (C=O) groups is 2. The van der Waals surface area contributed by atoms with Gasteiger partial charge in [-0.2, -0.15) is 0 Å². The predicted molar refractivity (Wildman–Crippen MR) is 164 cm³/mol. The van der Waals surface area contributed by atoms with Gasteiger partial charge in [0, 0.05) is 36.9 Å². The van der Waals surface area contributed by atoms with Crippen molar-refractivity contribution in [3.63, 3.8) is 0 Å². The Morgan fingerprint density at radius 3 is 1.85 bits per heavy atom. The summed E-state index contributed by atoms with van der Waals surface area (Å²) >= 11 is 0. The van der Waals surface area contributed by atoms with Crippen molar-refractivity contribution in [2.45, 2.75) is 138 Å². The summed E-state index contributed by atoms with van der Waals surface area (Å²) in [4.78, 5) is 28.7. The highest BCUT2D eigenvalue weighted by Crippen LogP contribution is 2.52. The number of esters is 2. The van der Waals surface area contributed by atoms with E-state index in [1.807, 2.05) is 0 Å². The van der Waals surface area contributed by atoms with Crippen molar-refractivity contribution in [1.82, 2.24) is 4.90 Å². The Morgan fingerprint density at radius 1 is 0.825 bits per heavy atom. The number of hydrogen-bond acceptors (Lipinski definition) is 5. The van der Waals surface area contributed by atoms with Gasteiger partial charge in [-0.15, -0.1) is 0 Å². The zero-order valence-corrected chi connectivity index (χ0v) is 27.0. The Kier molecular flexibility index (Phi) is 11.8. The quantitative estimate of drug-likeness (QED) is 0.102. The van der Waals surface area contributed by atoms with Gasteiger partial charge in [-0.1, -0.05) is 98.6 Å². The third-order valence-corrected chi connectivity index (χ3v) is 9.88. The zero-order chi connectivity index (χ0) is 29.4. The summed E-state index contributed by atoms with van der Waals surface area (Å²) in [6.07, 6.45) is 15.7. The SMILES string of the molecule is C=C1CC(CCC)(C(=O)OCC2(C)CN3CC(C)(COC(=O)CC(CCCCC)CCCCC)CC(C)(C3)C2)C1. The van der Waals surface area contributed by atoms with Gasteiger partial charge in [0.2, 0.25) is 0 Å². The molecule has 5 heteroatoms. The second-order valence-electron chi connectivity index (χ2n) is 15.4. The van der Waals surface area contributed by atoms with Crippen LogP contribution >= 0.6 is 0 Å². The smallest absolute Gasteiger partial charge is 0.312 e. The summed E-state index contributed by atoms with van der Waals surface area (Å²) in [5.41, 5.74) is 0.862. The topological polar surface area (TPSA) is 55.8 Å². The molecule has 1 aliphatic carbocycles. The van der Waals surface area contributed by atoms with Crippen LogP contribution in [0.4, 0.5) is 0 Å². The Morgan fingerprint density at radius 2 is 1.38 bits per heavy atom. The molecule has 2 heterocycles. The molecule has 4 atom stereocenters. The number of piperidine rings is 2. The van der Waals surface area contributed by atoms with Crippen LogP contribution in [-0.2, 0) is 19.1 Å². The molecule has 0 amide bonds. The summed E-state index contributed by atoms with van der Waals surface area (Å²) in [5, 5.41) is 0. The zero-order valence-electron chi connectivity index (χ0n) is 27.0. The second-order valence-corrected chi connectivity index (χ2v) is 15.4. The number of fused-ring (bicyclic) bond motifs is 2. The third kappa shape index (κ3) is 9.07. The largest absolute Gasteiger partial charge is 0.465 e. The molecule has 2 bridgehead atoms. The van der Waals surface area contributed by atoms with Gasteiger partial charge in [-0.3, -0.25) is 9.59 Å². The van der Waals surface area contributed by atoms with Gasteiger partial charge in [0.05, 0.1) is 18.6 Å². The van der Waals surface area contributed by atoms with Crippen LogP contribution in [0.5, 0.6) is 0 Å². The van der Waals surface area contributed by atoms with E-state index in [0.29, 0.717) is 25.6 Å². The van der Waals surface area contributed by atoms with E-state index in [1.54, 1.807) is 0 Å². The van der Waals surface area contributed by atoms with Gasteiger partial charge in [0.15, 0.2) is 0 Å². The molecule has 3 rings (SSSR count). The van der Waals surface area contributed by atoms with Gasteiger partial charge in [-0.25, -0.2) is 0 Å². The van der Waals surface area contributed by atoms with Gasteiger partial charge < -0.3 is 14.4 Å². The fourth-order valence-electron chi connectivity index (χ4n) is 8.79. The summed E-state index contributed by atoms with van der Waals surface area (Å²) < 4.78 is 12.1. The first-order valence-corrected chi connectivity index (χ1v) is 16.6. The van der Waals surface area contributed by atoms with Gasteiger partial charge in [-0.05, 0) is 56.3 Å². The molecular formula is C35H61NO4. The van der Waals surface area contributed by atoms with E-state index in [0.717, 1.165) is 71.0 Å². The molecule has 3 fully saturated rings. The standard InChI is InChI=1S/C35H61NO4/c1-8-11-13-15-29(16-14-12-9-2)18-30(37)39-26-33(6)21-32(5)22-34(7,25-36(23-32)24-33)27-40-31(38)35(17-10-3)19-28(4)20-35/h29H,4,8-27H2,1-3,5-7H3. The fourth-order valence-corrected chi connectivity index (χ4v) is 8.79. The molecule has 0 aromatic rings. The van der Waals surface area contributed by atoms with Crippen molar-refractivity contribution in [3.05, 3.63) is 12.2 Å². The molecule has 1 saturated carbocycles. The van der Waals surface area contributed by atoms with E-state index in [-0.39, 0.29) is 33.6 Å². The summed E-state index contributed by atoms with van der Waals surface area (Å²) in [5.74, 6) is 0.438. The van der Waals surface area contributed by atoms with Gasteiger partial charge in [0.1, 0.15) is 0 Å². The summed E-state index contributed by atoms with van der Waals surface area (Å²) in [6, 6.07) is 0. The molecule has 230 valence electrons. The average molecular weight is 560 g/mol. The Hall–Kier alpha value is -1.36. The molecule has 2 aliphatic heterocycles. The first kappa shape index (κ1) is 33.1. The molecule has 2 saturated heterocycles. The van der Waals surface area contributed by atoms with Crippen molar-refractivity contribution in [2.75, 3.05) is 32.8 Å². The monoisotopic (exact) mass is 559 g/mol. The fraction of sp³-hybridized carbons (Fsp3) is 0.886. The summed E-state index contributed by atoms with van der Waals surface area (Å²) in [7, 11) is 0. The highest BCUT2D eigenvalue weighted by atomic mass is 16.5. The molecule has 0 aromatic carbocycles. The molecule has 40 heavy (non-hydrogen) atoms. The van der Waals surface area contributed by atoms with Crippen molar-refractivity contribution < 1.29 is 19.1 Å². The van der Waals surface area contributed by atoms with E-state index in [2.05, 4.69) is 53.0 Å². The molecule has 0 spiro atoms. The van der Waals surface area contributed by atoms with Crippen LogP contribution in [0.1, 0.15) is 138 Å². The van der Waals surface area contributed by atoms with Crippen molar-refractivity contribution in [3.8, 4) is 0 Å². The number of carbonyl (C=O) groups excluding carboxylic acids is 2. The van der Waals surface area contributed by atoms with Crippen LogP contribution in [0.15, 0.2) is 12.2 Å². The van der Waals surface area contributed by atoms with E-state index in [9.17, 15) is 9.59 Å². The van der Waals surface area contributed by atoms with Crippen molar-refractivity contribution in [2.24, 2.45) is 27.6 Å². The number of hydrogen-bond donors (Lipinski definition) is 0. The minimum atomic E-state index is -0.329. The first-order valence-electron chi connectivity index (χ1n) is 16.6. The van der Waals surface area contributed by atoms with E-state index in [4.69, 9.17) is 9.47 Å². The van der Waals surface area contributed by atoms with Crippen LogP contribution in [0.2, 0.25) is 0 Å². The van der Waals surface area contributed by atoms with Crippen molar-refractivity contribution >= 4 is 11.9 Å². The van der Waals surface area contributed by atoms with Gasteiger partial charge in [0.25, 0.3) is 0 Å². The minimum absolute atomic E-state index is 0.00783. The molecule has 0 aromatic heterocycles. The number of unbranched alkanes of at least 4 members (excludes halogenated alkanes) is 4. The lowest BCUT2D eigenvalue weighted by Crippen LogP contribution is -2.61. The molecule has 5 nitrogen and oxygen atoms in total. The van der Waals surface area contributed by atoms with Crippen LogP contribution in [0.25, 0.3) is 0 Å². The van der Waals surface area contributed by atoms with Crippen LogP contribution in [0, 0.1) is 27.6 Å². The molecular weight excluding hydrogens is 498 g/mol. The number of allylic oxidation sites excluding steroid dienone is 1. The number of ether oxygens (including phenoxy) is 2. The van der Waals surface area contributed by atoms with Crippen LogP contribution < -0.4 is 0 Å². The van der Waals surface area contributed by atoms with E-state index < -0.39 is 0 Å². The highest BCUT2D eigenvalue weighted by molar-refractivity contribution is 5.79.